The van der Waals surface area contributed by atoms with E-state index in [0.29, 0.717) is 5.56 Å². The van der Waals surface area contributed by atoms with Gasteiger partial charge in [-0.15, -0.1) is 11.3 Å². The summed E-state index contributed by atoms with van der Waals surface area (Å²) in [6, 6.07) is 11.8. The van der Waals surface area contributed by atoms with Gasteiger partial charge >= 0.3 is 0 Å². The Morgan fingerprint density at radius 2 is 2.03 bits per heavy atom. The van der Waals surface area contributed by atoms with E-state index in [-0.39, 0.29) is 24.0 Å². The van der Waals surface area contributed by atoms with Crippen molar-refractivity contribution >= 4 is 49.6 Å². The van der Waals surface area contributed by atoms with Gasteiger partial charge in [0.1, 0.15) is 0 Å². The first kappa shape index (κ1) is 20.8. The lowest BCUT2D eigenvalue weighted by Gasteiger charge is -2.22. The van der Waals surface area contributed by atoms with Crippen molar-refractivity contribution in [2.75, 3.05) is 18.1 Å². The molecule has 0 bridgehead atoms. The van der Waals surface area contributed by atoms with Crippen molar-refractivity contribution in [3.8, 4) is 0 Å². The molecule has 1 aliphatic carbocycles. The minimum absolute atomic E-state index is 0.0516. The minimum Gasteiger partial charge on any atom is -0.351 e. The number of aromatic nitrogens is 1. The van der Waals surface area contributed by atoms with E-state index in [4.69, 9.17) is 4.98 Å². The van der Waals surface area contributed by atoms with Gasteiger partial charge in [-0.2, -0.15) is 0 Å². The van der Waals surface area contributed by atoms with Gasteiger partial charge in [0.05, 0.1) is 22.5 Å². The largest absolute Gasteiger partial charge is 0.351 e. The van der Waals surface area contributed by atoms with E-state index in [1.165, 1.54) is 4.88 Å². The average molecular weight is 441 g/mol. The van der Waals surface area contributed by atoms with E-state index in [2.05, 4.69) is 17.5 Å². The summed E-state index contributed by atoms with van der Waals surface area (Å²) in [5, 5.41) is 5.69. The molecule has 0 spiro atoms. The third-order valence-electron chi connectivity index (χ3n) is 5.40. The molecular weight excluding hydrogens is 416 g/mol. The summed E-state index contributed by atoms with van der Waals surface area (Å²) >= 11 is 1.68. The molecule has 0 saturated heterocycles. The van der Waals surface area contributed by atoms with Crippen LogP contribution in [0.1, 0.15) is 46.3 Å². The van der Waals surface area contributed by atoms with Crippen LogP contribution in [0, 0.1) is 0 Å². The third kappa shape index (κ3) is 4.32. The Balaban J connectivity index is 1.76. The Kier molecular flexibility index (Phi) is 6.01. The Hall–Kier alpha value is -2.51. The molecule has 30 heavy (non-hydrogen) atoms. The molecule has 0 radical (unpaired) electrons. The quantitative estimate of drug-likeness (QED) is 0.619. The molecule has 156 valence electrons. The number of nitrogens with one attached hydrogen (secondary N) is 1. The lowest BCUT2D eigenvalue weighted by molar-refractivity contribution is 0.0956. The van der Waals surface area contributed by atoms with Crippen LogP contribution in [0.3, 0.4) is 0 Å². The van der Waals surface area contributed by atoms with Gasteiger partial charge in [0.2, 0.25) is 0 Å². The fourth-order valence-electron chi connectivity index (χ4n) is 3.83. The number of amides is 1. The first-order valence-electron chi connectivity index (χ1n) is 10.1. The van der Waals surface area contributed by atoms with Gasteiger partial charge < -0.3 is 5.32 Å². The fraction of sp³-hybridized carbons (Fsp3) is 0.304. The van der Waals surface area contributed by atoms with Gasteiger partial charge in [-0.05, 0) is 54.0 Å². The maximum Gasteiger partial charge on any atom is 0.252 e. The van der Waals surface area contributed by atoms with Crippen LogP contribution in [-0.4, -0.2) is 37.4 Å². The van der Waals surface area contributed by atoms with Crippen LogP contribution < -0.4 is 5.32 Å². The molecule has 2 aromatic heterocycles. The van der Waals surface area contributed by atoms with Crippen molar-refractivity contribution < 1.29 is 13.2 Å². The monoisotopic (exact) mass is 440 g/mol. The van der Waals surface area contributed by atoms with Crippen LogP contribution in [0.15, 0.2) is 41.8 Å². The van der Waals surface area contributed by atoms with E-state index >= 15 is 0 Å². The number of pyridine rings is 1. The molecule has 3 aromatic rings. The number of hydrogen-bond acceptors (Lipinski definition) is 5. The van der Waals surface area contributed by atoms with Crippen molar-refractivity contribution in [2.24, 2.45) is 0 Å². The van der Waals surface area contributed by atoms with Gasteiger partial charge in [0.25, 0.3) is 5.91 Å². The molecule has 1 N–H and O–H groups in total. The Bertz CT molecular complexity index is 1210. The SMILES string of the molecule is CCS(=O)(=O)CCNC(=O)c1c2c(nc3ccccc13)/C(=C\c1cccs1)CCC2. The zero-order valence-corrected chi connectivity index (χ0v) is 18.5. The van der Waals surface area contributed by atoms with Crippen LogP contribution in [0.25, 0.3) is 22.6 Å². The zero-order chi connectivity index (χ0) is 21.1. The van der Waals surface area contributed by atoms with E-state index in [1.54, 1.807) is 18.3 Å². The molecule has 1 aromatic carbocycles. The van der Waals surface area contributed by atoms with E-state index in [0.717, 1.165) is 47.0 Å². The second-order valence-corrected chi connectivity index (χ2v) is 10.8. The number of benzene rings is 1. The summed E-state index contributed by atoms with van der Waals surface area (Å²) in [4.78, 5) is 19.3. The Morgan fingerprint density at radius 3 is 2.80 bits per heavy atom. The Morgan fingerprint density at radius 1 is 1.20 bits per heavy atom. The zero-order valence-electron chi connectivity index (χ0n) is 16.8. The van der Waals surface area contributed by atoms with Gasteiger partial charge in [-0.1, -0.05) is 31.2 Å². The predicted molar refractivity (Wildman–Crippen MR) is 124 cm³/mol. The van der Waals surface area contributed by atoms with E-state index in [1.807, 2.05) is 35.7 Å². The molecule has 0 aliphatic heterocycles. The van der Waals surface area contributed by atoms with Crippen molar-refractivity contribution in [2.45, 2.75) is 26.2 Å². The second-order valence-electron chi connectivity index (χ2n) is 7.36. The van der Waals surface area contributed by atoms with Crippen molar-refractivity contribution in [3.05, 3.63) is 63.5 Å². The third-order valence-corrected chi connectivity index (χ3v) is 7.92. The second kappa shape index (κ2) is 8.70. The molecular formula is C23H24N2O3S2. The highest BCUT2D eigenvalue weighted by Crippen LogP contribution is 2.36. The summed E-state index contributed by atoms with van der Waals surface area (Å²) in [7, 11) is -3.13. The van der Waals surface area contributed by atoms with Crippen molar-refractivity contribution in [1.82, 2.24) is 10.3 Å². The lowest BCUT2D eigenvalue weighted by atomic mass is 9.86. The smallest absolute Gasteiger partial charge is 0.252 e. The number of allylic oxidation sites excluding steroid dienone is 1. The fourth-order valence-corrected chi connectivity index (χ4v) is 5.22. The van der Waals surface area contributed by atoms with Gasteiger partial charge in [-0.25, -0.2) is 13.4 Å². The summed E-state index contributed by atoms with van der Waals surface area (Å²) in [5.41, 5.74) is 4.40. The van der Waals surface area contributed by atoms with Gasteiger partial charge in [-0.3, -0.25) is 4.79 Å². The van der Waals surface area contributed by atoms with Crippen LogP contribution in [0.4, 0.5) is 0 Å². The molecule has 0 unspecified atom stereocenters. The highest BCUT2D eigenvalue weighted by molar-refractivity contribution is 7.91. The van der Waals surface area contributed by atoms with Gasteiger partial charge in [0.15, 0.2) is 9.84 Å². The van der Waals surface area contributed by atoms with Crippen LogP contribution in [-0.2, 0) is 16.3 Å². The standard InChI is InChI=1S/C23H24N2O3S2/c1-2-30(27,28)14-12-24-23(26)21-18-9-3-4-11-20(18)25-22-16(7-5-10-19(21)22)15-17-8-6-13-29-17/h3-4,6,8-9,11,13,15H,2,5,7,10,12,14H2,1H3,(H,24,26)/b16-15-. The molecule has 4 rings (SSSR count). The van der Waals surface area contributed by atoms with E-state index < -0.39 is 9.84 Å². The molecule has 5 nitrogen and oxygen atoms in total. The molecule has 2 heterocycles. The molecule has 0 saturated carbocycles. The van der Waals surface area contributed by atoms with E-state index in [9.17, 15) is 13.2 Å². The number of rotatable bonds is 6. The number of carbonyl (C=O) groups is 1. The number of sulfone groups is 1. The lowest BCUT2D eigenvalue weighted by Crippen LogP contribution is -2.31. The maximum atomic E-state index is 13.2. The van der Waals surface area contributed by atoms with Gasteiger partial charge in [0, 0.05) is 22.6 Å². The van der Waals surface area contributed by atoms with Crippen molar-refractivity contribution in [1.29, 1.82) is 0 Å². The maximum absolute atomic E-state index is 13.2. The normalized spacial score (nSPS) is 15.3. The first-order valence-corrected chi connectivity index (χ1v) is 12.8. The number of hydrogen-bond donors (Lipinski definition) is 1. The summed E-state index contributed by atoms with van der Waals surface area (Å²) in [6.45, 7) is 1.73. The summed E-state index contributed by atoms with van der Waals surface area (Å²) in [6.07, 6.45) is 4.83. The summed E-state index contributed by atoms with van der Waals surface area (Å²) < 4.78 is 23.6. The number of para-hydroxylation sites is 1. The number of fused-ring (bicyclic) bond motifs is 2. The number of carbonyl (C=O) groups excluding carboxylic acids is 1. The summed E-state index contributed by atoms with van der Waals surface area (Å²) in [5.74, 6) is -0.203. The molecule has 7 heteroatoms. The average Bonchev–Trinajstić information content (AvgIpc) is 3.25. The molecule has 0 fully saturated rings. The molecule has 1 aliphatic rings. The van der Waals surface area contributed by atoms with Crippen molar-refractivity contribution in [3.63, 3.8) is 0 Å². The predicted octanol–water partition coefficient (Wildman–Crippen LogP) is 4.34. The van der Waals surface area contributed by atoms with Crippen LogP contribution >= 0.6 is 11.3 Å². The topological polar surface area (TPSA) is 76.1 Å². The first-order chi connectivity index (χ1) is 14.5. The minimum atomic E-state index is -3.13. The highest BCUT2D eigenvalue weighted by atomic mass is 32.2. The Labute approximate surface area is 180 Å². The number of nitrogens with zero attached hydrogens (tertiary/aromatic N) is 1. The highest BCUT2D eigenvalue weighted by Gasteiger charge is 2.25. The van der Waals surface area contributed by atoms with Crippen LogP contribution in [0.2, 0.25) is 0 Å². The number of thiophene rings is 1. The van der Waals surface area contributed by atoms with Crippen LogP contribution in [0.5, 0.6) is 0 Å². The molecule has 1 amide bonds. The molecule has 0 atom stereocenters.